The molecule has 1 unspecified atom stereocenters. The van der Waals surface area contributed by atoms with Gasteiger partial charge in [0.1, 0.15) is 9.84 Å². The Morgan fingerprint density at radius 2 is 1.96 bits per heavy atom. The van der Waals surface area contributed by atoms with Gasteiger partial charge < -0.3 is 10.0 Å². The predicted molar refractivity (Wildman–Crippen MR) is 88.2 cm³/mol. The summed E-state index contributed by atoms with van der Waals surface area (Å²) < 4.78 is 23.1. The molecule has 1 fully saturated rings. The first-order valence-electron chi connectivity index (χ1n) is 7.99. The van der Waals surface area contributed by atoms with E-state index in [4.69, 9.17) is 0 Å². The van der Waals surface area contributed by atoms with Crippen LogP contribution in [-0.2, 0) is 25.8 Å². The highest BCUT2D eigenvalue weighted by atomic mass is 32.2. The Kier molecular flexibility index (Phi) is 4.15. The number of hydrogen-bond acceptors (Lipinski definition) is 4. The third-order valence-corrected chi connectivity index (χ3v) is 6.03. The number of carboxylic acids is 1. The van der Waals surface area contributed by atoms with E-state index in [1.807, 2.05) is 12.1 Å². The number of carboxylic acid groups (broad SMARTS) is 1. The van der Waals surface area contributed by atoms with Gasteiger partial charge in [0.25, 0.3) is 0 Å². The summed E-state index contributed by atoms with van der Waals surface area (Å²) in [5, 5.41) is 9.61. The monoisotopic (exact) mass is 351 g/mol. The Labute approximate surface area is 141 Å². The van der Waals surface area contributed by atoms with Crippen molar-refractivity contribution in [3.05, 3.63) is 35.4 Å². The second-order valence-electron chi connectivity index (χ2n) is 7.02. The Morgan fingerprint density at radius 3 is 2.54 bits per heavy atom. The Hall–Kier alpha value is -1.89. The molecule has 1 aromatic rings. The van der Waals surface area contributed by atoms with Gasteiger partial charge in [-0.1, -0.05) is 24.3 Å². The van der Waals surface area contributed by atoms with Crippen molar-refractivity contribution in [2.75, 3.05) is 18.6 Å². The van der Waals surface area contributed by atoms with Crippen LogP contribution in [0.5, 0.6) is 0 Å². The maximum absolute atomic E-state index is 12.7. The highest BCUT2D eigenvalue weighted by Gasteiger charge is 2.48. The third-order valence-electron chi connectivity index (χ3n) is 4.89. The highest BCUT2D eigenvalue weighted by molar-refractivity contribution is 7.90. The second kappa shape index (κ2) is 5.88. The first-order valence-corrected chi connectivity index (χ1v) is 10.0. The topological polar surface area (TPSA) is 91.8 Å². The van der Waals surface area contributed by atoms with Crippen LogP contribution in [0.15, 0.2) is 24.3 Å². The molecule has 0 saturated heterocycles. The summed E-state index contributed by atoms with van der Waals surface area (Å²) >= 11 is 0. The van der Waals surface area contributed by atoms with Crippen molar-refractivity contribution < 1.29 is 23.1 Å². The van der Waals surface area contributed by atoms with Crippen molar-refractivity contribution in [2.45, 2.75) is 31.7 Å². The van der Waals surface area contributed by atoms with E-state index in [1.54, 1.807) is 12.1 Å². The fraction of sp³-hybridized carbons (Fsp3) is 0.529. The molecule has 7 heteroatoms. The summed E-state index contributed by atoms with van der Waals surface area (Å²) in [7, 11) is -3.16. The molecule has 2 aliphatic rings. The molecule has 1 heterocycles. The number of rotatable bonds is 5. The van der Waals surface area contributed by atoms with E-state index in [0.717, 1.165) is 5.56 Å². The van der Waals surface area contributed by atoms with Gasteiger partial charge in [0.2, 0.25) is 5.91 Å². The largest absolute Gasteiger partial charge is 0.479 e. The smallest absolute Gasteiger partial charge is 0.331 e. The number of aliphatic carboxylic acids is 1. The molecule has 1 atom stereocenters. The molecule has 1 N–H and O–H groups in total. The molecule has 24 heavy (non-hydrogen) atoms. The molecule has 1 aliphatic heterocycles. The van der Waals surface area contributed by atoms with Gasteiger partial charge in [-0.2, -0.15) is 0 Å². The molecular formula is C17H21NO5S. The van der Waals surface area contributed by atoms with E-state index >= 15 is 0 Å². The van der Waals surface area contributed by atoms with Crippen LogP contribution in [0.4, 0.5) is 0 Å². The Morgan fingerprint density at radius 1 is 1.29 bits per heavy atom. The van der Waals surface area contributed by atoms with Crippen LogP contribution in [0, 0.1) is 5.41 Å². The van der Waals surface area contributed by atoms with E-state index in [0.29, 0.717) is 31.4 Å². The first-order chi connectivity index (χ1) is 11.2. The van der Waals surface area contributed by atoms with E-state index in [9.17, 15) is 23.1 Å². The first kappa shape index (κ1) is 17.0. The van der Waals surface area contributed by atoms with Crippen LogP contribution in [0.1, 0.15) is 36.4 Å². The lowest BCUT2D eigenvalue weighted by molar-refractivity contribution is -0.151. The molecule has 6 nitrogen and oxygen atoms in total. The minimum Gasteiger partial charge on any atom is -0.479 e. The van der Waals surface area contributed by atoms with Gasteiger partial charge in [-0.15, -0.1) is 0 Å². The van der Waals surface area contributed by atoms with Gasteiger partial charge in [-0.05, 0) is 35.8 Å². The Balaban J connectivity index is 1.81. The zero-order valence-electron chi connectivity index (χ0n) is 13.6. The number of carbonyl (C=O) groups excluding carboxylic acids is 1. The van der Waals surface area contributed by atoms with Crippen LogP contribution < -0.4 is 0 Å². The van der Waals surface area contributed by atoms with Gasteiger partial charge in [0.15, 0.2) is 6.04 Å². The normalized spacial score (nSPS) is 21.9. The molecule has 3 rings (SSSR count). The van der Waals surface area contributed by atoms with Gasteiger partial charge in [0, 0.05) is 19.2 Å². The molecule has 0 radical (unpaired) electrons. The van der Waals surface area contributed by atoms with Crippen LogP contribution in [0.3, 0.4) is 0 Å². The van der Waals surface area contributed by atoms with Gasteiger partial charge in [0.05, 0.1) is 5.75 Å². The SMILES string of the molecule is CS(=O)(=O)CC1(CC(=O)N2CCc3ccccc3C2C(=O)O)CC1. The molecule has 0 bridgehead atoms. The molecular weight excluding hydrogens is 330 g/mol. The van der Waals surface area contributed by atoms with Gasteiger partial charge >= 0.3 is 5.97 Å². The van der Waals surface area contributed by atoms with Crippen LogP contribution in [-0.4, -0.2) is 48.9 Å². The summed E-state index contributed by atoms with van der Waals surface area (Å²) in [5.41, 5.74) is 1.11. The molecule has 1 saturated carbocycles. The molecule has 1 amide bonds. The number of benzene rings is 1. The average molecular weight is 351 g/mol. The average Bonchev–Trinajstić information content (AvgIpc) is 3.22. The fourth-order valence-corrected chi connectivity index (χ4v) is 5.13. The van der Waals surface area contributed by atoms with Gasteiger partial charge in [-0.25, -0.2) is 13.2 Å². The van der Waals surface area contributed by atoms with Crippen molar-refractivity contribution >= 4 is 21.7 Å². The number of amides is 1. The highest BCUT2D eigenvalue weighted by Crippen LogP contribution is 2.50. The second-order valence-corrected chi connectivity index (χ2v) is 9.16. The number of hydrogen-bond donors (Lipinski definition) is 1. The number of sulfone groups is 1. The van der Waals surface area contributed by atoms with Crippen molar-refractivity contribution in [2.24, 2.45) is 5.41 Å². The van der Waals surface area contributed by atoms with E-state index in [2.05, 4.69) is 0 Å². The summed E-state index contributed by atoms with van der Waals surface area (Å²) in [6.45, 7) is 0.349. The van der Waals surface area contributed by atoms with E-state index in [-0.39, 0.29) is 18.1 Å². The lowest BCUT2D eigenvalue weighted by Crippen LogP contribution is -2.44. The Bertz CT molecular complexity index is 782. The fourth-order valence-electron chi connectivity index (χ4n) is 3.63. The maximum Gasteiger partial charge on any atom is 0.331 e. The van der Waals surface area contributed by atoms with Crippen molar-refractivity contribution in [3.63, 3.8) is 0 Å². The minimum atomic E-state index is -3.16. The molecule has 1 aromatic carbocycles. The third kappa shape index (κ3) is 3.45. The summed E-state index contributed by atoms with van der Waals surface area (Å²) in [4.78, 5) is 25.9. The molecule has 0 aromatic heterocycles. The zero-order chi connectivity index (χ0) is 17.5. The zero-order valence-corrected chi connectivity index (χ0v) is 14.4. The maximum atomic E-state index is 12.7. The minimum absolute atomic E-state index is 0.00605. The number of fused-ring (bicyclic) bond motifs is 1. The lowest BCUT2D eigenvalue weighted by atomic mass is 9.91. The van der Waals surface area contributed by atoms with Crippen molar-refractivity contribution in [1.29, 1.82) is 0 Å². The molecule has 1 aliphatic carbocycles. The summed E-state index contributed by atoms with van der Waals surface area (Å²) in [6, 6.07) is 6.28. The molecule has 130 valence electrons. The molecule has 0 spiro atoms. The predicted octanol–water partition coefficient (Wildman–Crippen LogP) is 1.41. The quantitative estimate of drug-likeness (QED) is 0.866. The number of nitrogens with zero attached hydrogens (tertiary/aromatic N) is 1. The summed E-state index contributed by atoms with van der Waals surface area (Å²) in [6.07, 6.45) is 3.30. The van der Waals surface area contributed by atoms with E-state index in [1.165, 1.54) is 11.2 Å². The van der Waals surface area contributed by atoms with Crippen molar-refractivity contribution in [1.82, 2.24) is 4.90 Å². The lowest BCUT2D eigenvalue weighted by Gasteiger charge is -2.35. The van der Waals surface area contributed by atoms with Crippen LogP contribution in [0.2, 0.25) is 0 Å². The van der Waals surface area contributed by atoms with Crippen molar-refractivity contribution in [3.8, 4) is 0 Å². The van der Waals surface area contributed by atoms with E-state index < -0.39 is 27.3 Å². The van der Waals surface area contributed by atoms with Crippen LogP contribution in [0.25, 0.3) is 0 Å². The number of carbonyl (C=O) groups is 2. The summed E-state index contributed by atoms with van der Waals surface area (Å²) in [5.74, 6) is -1.32. The standard InChI is InChI=1S/C17H21NO5S/c1-24(22,23)11-17(7-8-17)10-14(19)18-9-6-12-4-2-3-5-13(12)15(18)16(20)21/h2-5,15H,6-11H2,1H3,(H,20,21). The van der Waals surface area contributed by atoms with Crippen LogP contribution >= 0.6 is 0 Å². The van der Waals surface area contributed by atoms with Gasteiger partial charge in [-0.3, -0.25) is 4.79 Å².